The van der Waals surface area contributed by atoms with Crippen LogP contribution in [0.25, 0.3) is 16.5 Å². The van der Waals surface area contributed by atoms with E-state index in [1.807, 2.05) is 48.5 Å². The van der Waals surface area contributed by atoms with Crippen LogP contribution in [-0.2, 0) is 4.79 Å². The summed E-state index contributed by atoms with van der Waals surface area (Å²) in [6.45, 7) is 3.43. The maximum Gasteiger partial charge on any atom is 0.228 e. The van der Waals surface area contributed by atoms with Crippen molar-refractivity contribution in [2.24, 2.45) is 11.7 Å². The largest absolute Gasteiger partial charge is 0.508 e. The summed E-state index contributed by atoms with van der Waals surface area (Å²) in [6, 6.07) is 17.2. The topological polar surface area (TPSA) is 90.0 Å². The van der Waals surface area contributed by atoms with Crippen molar-refractivity contribution >= 4 is 51.3 Å². The third-order valence-electron chi connectivity index (χ3n) is 9.11. The molecule has 6 nitrogen and oxygen atoms in total. The van der Waals surface area contributed by atoms with Crippen molar-refractivity contribution in [2.75, 3.05) is 29.7 Å². The lowest BCUT2D eigenvalue weighted by molar-refractivity contribution is -0.119. The van der Waals surface area contributed by atoms with Crippen molar-refractivity contribution in [3.8, 4) is 5.75 Å². The van der Waals surface area contributed by atoms with Crippen LogP contribution in [0.2, 0.25) is 0 Å². The maximum absolute atomic E-state index is 13.6. The third kappa shape index (κ3) is 4.55. The quantitative estimate of drug-likeness (QED) is 0.301. The highest BCUT2D eigenvalue weighted by Crippen LogP contribution is 2.47. The first-order valence-electron chi connectivity index (χ1n) is 14.0. The molecule has 0 aromatic heterocycles. The summed E-state index contributed by atoms with van der Waals surface area (Å²) < 4.78 is 0. The zero-order valence-electron chi connectivity index (χ0n) is 22.5. The summed E-state index contributed by atoms with van der Waals surface area (Å²) in [7, 11) is 0. The SMILES string of the molecule is CC(CC(N)CC(=O)N1C[C@@H](CCl)c2c1cc(O)c1ccccc21)N1C[C@@H](CCl)C2c3ccccc3C(O)=CC21. The van der Waals surface area contributed by atoms with Gasteiger partial charge < -0.3 is 20.8 Å². The Balaban J connectivity index is 1.18. The van der Waals surface area contributed by atoms with Crippen LogP contribution in [0.5, 0.6) is 5.75 Å². The van der Waals surface area contributed by atoms with Crippen molar-refractivity contribution in [3.63, 3.8) is 0 Å². The molecule has 1 aliphatic carbocycles. The molecule has 3 aromatic carbocycles. The van der Waals surface area contributed by atoms with Gasteiger partial charge in [-0.2, -0.15) is 0 Å². The molecule has 2 aliphatic heterocycles. The van der Waals surface area contributed by atoms with Gasteiger partial charge in [-0.1, -0.05) is 48.5 Å². The summed E-state index contributed by atoms with van der Waals surface area (Å²) in [5.41, 5.74) is 10.4. The number of amides is 1. The van der Waals surface area contributed by atoms with Crippen LogP contribution < -0.4 is 10.6 Å². The van der Waals surface area contributed by atoms with E-state index < -0.39 is 0 Å². The summed E-state index contributed by atoms with van der Waals surface area (Å²) in [5.74, 6) is 1.78. The molecule has 0 bridgehead atoms. The van der Waals surface area contributed by atoms with Crippen LogP contribution >= 0.6 is 23.2 Å². The molecule has 210 valence electrons. The Morgan fingerprint density at radius 2 is 1.77 bits per heavy atom. The highest BCUT2D eigenvalue weighted by molar-refractivity contribution is 6.19. The molecule has 3 aromatic rings. The molecule has 1 amide bonds. The number of hydrogen-bond acceptors (Lipinski definition) is 5. The van der Waals surface area contributed by atoms with E-state index in [-0.39, 0.29) is 54.0 Å². The zero-order chi connectivity index (χ0) is 28.1. The monoisotopic (exact) mass is 579 g/mol. The van der Waals surface area contributed by atoms with Gasteiger partial charge in [-0.05, 0) is 41.9 Å². The van der Waals surface area contributed by atoms with Gasteiger partial charge in [0.15, 0.2) is 0 Å². The second-order valence-electron chi connectivity index (χ2n) is 11.5. The van der Waals surface area contributed by atoms with Gasteiger partial charge in [0, 0.05) is 78.2 Å². The fraction of sp³-hybridized carbons (Fsp3) is 0.406. The molecule has 0 spiro atoms. The van der Waals surface area contributed by atoms with Gasteiger partial charge in [-0.3, -0.25) is 9.69 Å². The maximum atomic E-state index is 13.6. The van der Waals surface area contributed by atoms with Crippen LogP contribution in [0, 0.1) is 5.92 Å². The number of alkyl halides is 2. The summed E-state index contributed by atoms with van der Waals surface area (Å²) in [6.07, 6.45) is 2.77. The Bertz CT molecular complexity index is 1480. The van der Waals surface area contributed by atoms with Crippen LogP contribution in [0.3, 0.4) is 0 Å². The van der Waals surface area contributed by atoms with E-state index in [0.29, 0.717) is 30.5 Å². The van der Waals surface area contributed by atoms with E-state index in [0.717, 1.165) is 39.7 Å². The minimum absolute atomic E-state index is 0.0103. The van der Waals surface area contributed by atoms with Crippen molar-refractivity contribution in [2.45, 2.75) is 49.7 Å². The number of hydrogen-bond donors (Lipinski definition) is 3. The smallest absolute Gasteiger partial charge is 0.228 e. The number of halogens is 2. The molecule has 0 radical (unpaired) electrons. The van der Waals surface area contributed by atoms with Crippen LogP contribution in [0.4, 0.5) is 5.69 Å². The van der Waals surface area contributed by atoms with Crippen LogP contribution in [-0.4, -0.2) is 64.0 Å². The number of anilines is 1. The molecule has 6 atom stereocenters. The van der Waals surface area contributed by atoms with Crippen LogP contribution in [0.15, 0.2) is 60.7 Å². The lowest BCUT2D eigenvalue weighted by Gasteiger charge is -2.35. The fourth-order valence-corrected chi connectivity index (χ4v) is 7.84. The molecule has 8 heteroatoms. The zero-order valence-corrected chi connectivity index (χ0v) is 24.0. The molecular formula is C32H35Cl2N3O3. The van der Waals surface area contributed by atoms with Gasteiger partial charge in [0.25, 0.3) is 0 Å². The number of rotatable bonds is 7. The van der Waals surface area contributed by atoms with E-state index in [2.05, 4.69) is 17.9 Å². The van der Waals surface area contributed by atoms with Gasteiger partial charge in [0.2, 0.25) is 5.91 Å². The number of aliphatic hydroxyl groups is 1. The van der Waals surface area contributed by atoms with Gasteiger partial charge in [0.1, 0.15) is 11.5 Å². The van der Waals surface area contributed by atoms with Gasteiger partial charge >= 0.3 is 0 Å². The molecule has 4 N–H and O–H groups in total. The lowest BCUT2D eigenvalue weighted by Crippen LogP contribution is -2.43. The van der Waals surface area contributed by atoms with Crippen molar-refractivity contribution in [1.29, 1.82) is 0 Å². The molecule has 40 heavy (non-hydrogen) atoms. The molecule has 4 unspecified atom stereocenters. The fourth-order valence-electron chi connectivity index (χ4n) is 7.30. The molecule has 1 fully saturated rings. The number of phenols is 1. The molecule has 0 saturated carbocycles. The lowest BCUT2D eigenvalue weighted by atomic mass is 9.78. The molecule has 6 rings (SSSR count). The average Bonchev–Trinajstić information content (AvgIpc) is 3.52. The molecule has 2 heterocycles. The number of carbonyl (C=O) groups excluding carboxylic acids is 1. The standard InChI is InChI=1S/C32H35Cl2N3O3/c1-18(36-16-19(14-33)31-24-8-4-2-6-22(24)28(38)12-26(31)36)10-21(35)11-30(40)37-17-20(15-34)32-25-9-5-3-7-23(25)29(39)13-27(32)37/h2-9,12-13,18-21,26,31,38-39H,10-11,14-17,35H2,1H3/t18?,19-,20-,21?,26?,31?/m1/s1. The molecule has 3 aliphatic rings. The predicted molar refractivity (Wildman–Crippen MR) is 163 cm³/mol. The van der Waals surface area contributed by atoms with Crippen molar-refractivity contribution < 1.29 is 15.0 Å². The van der Waals surface area contributed by atoms with E-state index in [1.165, 1.54) is 0 Å². The summed E-state index contributed by atoms with van der Waals surface area (Å²) in [5, 5.41) is 23.2. The van der Waals surface area contributed by atoms with Gasteiger partial charge in [0.05, 0.1) is 5.69 Å². The van der Waals surface area contributed by atoms with Gasteiger partial charge in [-0.15, -0.1) is 23.2 Å². The number of phenolic OH excluding ortho intramolecular Hbond substituents is 1. The first-order chi connectivity index (χ1) is 19.3. The van der Waals surface area contributed by atoms with Crippen molar-refractivity contribution in [3.05, 3.63) is 77.4 Å². The minimum atomic E-state index is -0.350. The highest BCUT2D eigenvalue weighted by atomic mass is 35.5. The predicted octanol–water partition coefficient (Wildman–Crippen LogP) is 5.95. The van der Waals surface area contributed by atoms with Crippen molar-refractivity contribution in [1.82, 2.24) is 4.90 Å². The normalized spacial score (nSPS) is 25.3. The second-order valence-corrected chi connectivity index (χ2v) is 12.2. The number of aromatic hydroxyl groups is 1. The van der Waals surface area contributed by atoms with Crippen LogP contribution in [0.1, 0.15) is 48.3 Å². The number of fused-ring (bicyclic) bond motifs is 6. The first-order valence-corrected chi connectivity index (χ1v) is 15.1. The van der Waals surface area contributed by atoms with E-state index in [9.17, 15) is 15.0 Å². The Morgan fingerprint density at radius 3 is 2.52 bits per heavy atom. The van der Waals surface area contributed by atoms with E-state index in [1.54, 1.807) is 11.0 Å². The Morgan fingerprint density at radius 1 is 1.05 bits per heavy atom. The Kier molecular flexibility index (Phi) is 7.47. The number of nitrogens with zero attached hydrogens (tertiary/aromatic N) is 2. The number of nitrogens with two attached hydrogens (primary N) is 1. The summed E-state index contributed by atoms with van der Waals surface area (Å²) in [4.78, 5) is 17.7. The van der Waals surface area contributed by atoms with Gasteiger partial charge in [-0.25, -0.2) is 0 Å². The summed E-state index contributed by atoms with van der Waals surface area (Å²) >= 11 is 12.8. The minimum Gasteiger partial charge on any atom is -0.508 e. The number of benzene rings is 3. The molecular weight excluding hydrogens is 545 g/mol. The number of likely N-dealkylation sites (tertiary alicyclic amines) is 1. The third-order valence-corrected chi connectivity index (χ3v) is 9.87. The Hall–Kier alpha value is -2.77. The number of aliphatic hydroxyl groups excluding tert-OH is 1. The first kappa shape index (κ1) is 27.4. The average molecular weight is 581 g/mol. The Labute approximate surface area is 245 Å². The van der Waals surface area contributed by atoms with E-state index in [4.69, 9.17) is 28.9 Å². The second kappa shape index (κ2) is 10.9. The van der Waals surface area contributed by atoms with E-state index >= 15 is 0 Å². The highest BCUT2D eigenvalue weighted by Gasteiger charge is 2.46. The molecule has 1 saturated heterocycles. The number of carbonyl (C=O) groups is 1.